The predicted molar refractivity (Wildman–Crippen MR) is 59.5 cm³/mol. The van der Waals surface area contributed by atoms with E-state index >= 15 is 0 Å². The summed E-state index contributed by atoms with van der Waals surface area (Å²) in [6, 6.07) is 2.13. The summed E-state index contributed by atoms with van der Waals surface area (Å²) < 4.78 is 1.16. The molecule has 2 unspecified atom stereocenters. The van der Waals surface area contributed by atoms with Gasteiger partial charge in [-0.15, -0.1) is 11.3 Å². The van der Waals surface area contributed by atoms with Crippen LogP contribution in [0.2, 0.25) is 0 Å². The van der Waals surface area contributed by atoms with Crippen molar-refractivity contribution in [1.29, 1.82) is 0 Å². The van der Waals surface area contributed by atoms with Gasteiger partial charge in [-0.1, -0.05) is 6.92 Å². The highest BCUT2D eigenvalue weighted by molar-refractivity contribution is 7.17. The Morgan fingerprint density at radius 2 is 2.14 bits per heavy atom. The molecule has 2 rings (SSSR count). The second kappa shape index (κ2) is 3.63. The average molecular weight is 207 g/mol. The van der Waals surface area contributed by atoms with Gasteiger partial charge in [-0.25, -0.2) is 9.97 Å². The van der Waals surface area contributed by atoms with E-state index in [2.05, 4.69) is 16.9 Å². The lowest BCUT2D eigenvalue weighted by atomic mass is 10.0. The largest absolute Gasteiger partial charge is 0.327 e. The molecule has 0 bridgehead atoms. The van der Waals surface area contributed by atoms with Crippen LogP contribution in [0.15, 0.2) is 17.8 Å². The number of hydrogen-bond donors (Lipinski definition) is 1. The average Bonchev–Trinajstić information content (AvgIpc) is 2.63. The van der Waals surface area contributed by atoms with Gasteiger partial charge in [-0.2, -0.15) is 0 Å². The fourth-order valence-electron chi connectivity index (χ4n) is 1.38. The summed E-state index contributed by atoms with van der Waals surface area (Å²) in [4.78, 5) is 8.52. The monoisotopic (exact) mass is 207 g/mol. The zero-order valence-electron chi connectivity index (χ0n) is 8.27. The molecule has 0 aliphatic rings. The summed E-state index contributed by atoms with van der Waals surface area (Å²) >= 11 is 1.68. The molecule has 74 valence electrons. The Labute approximate surface area is 87.0 Å². The summed E-state index contributed by atoms with van der Waals surface area (Å²) in [5.41, 5.74) is 7.96. The molecule has 0 spiro atoms. The van der Waals surface area contributed by atoms with E-state index in [-0.39, 0.29) is 12.0 Å². The molecule has 0 aliphatic carbocycles. The van der Waals surface area contributed by atoms with Crippen LogP contribution in [0.1, 0.15) is 25.5 Å². The third kappa shape index (κ3) is 1.51. The molecule has 4 heteroatoms. The summed E-state index contributed by atoms with van der Waals surface area (Å²) in [5, 5.41) is 2.04. The van der Waals surface area contributed by atoms with Gasteiger partial charge >= 0.3 is 0 Å². The molecular formula is C10H13N3S. The van der Waals surface area contributed by atoms with Crippen LogP contribution in [-0.4, -0.2) is 16.0 Å². The normalized spacial score (nSPS) is 15.6. The fraction of sp³-hybridized carbons (Fsp3) is 0.400. The Balaban J connectivity index is 2.56. The number of hydrogen-bond acceptors (Lipinski definition) is 4. The van der Waals surface area contributed by atoms with Crippen molar-refractivity contribution < 1.29 is 0 Å². The first-order valence-corrected chi connectivity index (χ1v) is 5.52. The van der Waals surface area contributed by atoms with E-state index in [1.54, 1.807) is 17.7 Å². The molecule has 0 aromatic carbocycles. The summed E-state index contributed by atoms with van der Waals surface area (Å²) in [7, 11) is 0. The molecule has 2 heterocycles. The molecule has 3 nitrogen and oxygen atoms in total. The van der Waals surface area contributed by atoms with Crippen molar-refractivity contribution in [2.75, 3.05) is 0 Å². The number of nitrogens with two attached hydrogens (primary N) is 1. The first-order valence-electron chi connectivity index (χ1n) is 4.64. The van der Waals surface area contributed by atoms with Crippen molar-refractivity contribution in [2.45, 2.75) is 25.8 Å². The van der Waals surface area contributed by atoms with Crippen LogP contribution < -0.4 is 5.73 Å². The van der Waals surface area contributed by atoms with Crippen molar-refractivity contribution >= 4 is 21.6 Å². The van der Waals surface area contributed by atoms with Crippen molar-refractivity contribution in [1.82, 2.24) is 9.97 Å². The maximum atomic E-state index is 5.87. The minimum absolute atomic E-state index is 0.121. The highest BCUT2D eigenvalue weighted by Crippen LogP contribution is 2.27. The highest BCUT2D eigenvalue weighted by atomic mass is 32.1. The lowest BCUT2D eigenvalue weighted by Gasteiger charge is -2.14. The van der Waals surface area contributed by atoms with Gasteiger partial charge in [0, 0.05) is 12.0 Å². The van der Waals surface area contributed by atoms with Gasteiger partial charge in [0.05, 0.1) is 15.9 Å². The number of rotatable bonds is 2. The van der Waals surface area contributed by atoms with Crippen LogP contribution in [0.5, 0.6) is 0 Å². The molecule has 0 aliphatic heterocycles. The number of aromatic nitrogens is 2. The maximum absolute atomic E-state index is 5.87. The van der Waals surface area contributed by atoms with Crippen molar-refractivity contribution in [2.24, 2.45) is 5.73 Å². The second-order valence-corrected chi connectivity index (χ2v) is 4.46. The third-order valence-electron chi connectivity index (χ3n) is 2.49. The molecule has 14 heavy (non-hydrogen) atoms. The fourth-order valence-corrected chi connectivity index (χ4v) is 2.31. The van der Waals surface area contributed by atoms with Crippen LogP contribution in [0.25, 0.3) is 10.2 Å². The molecule has 2 aromatic rings. The predicted octanol–water partition coefficient (Wildman–Crippen LogP) is 2.14. The Morgan fingerprint density at radius 1 is 1.36 bits per heavy atom. The minimum atomic E-state index is 0.121. The molecule has 0 fully saturated rings. The number of nitrogens with zero attached hydrogens (tertiary/aromatic N) is 2. The van der Waals surface area contributed by atoms with Gasteiger partial charge in [-0.05, 0) is 18.4 Å². The van der Waals surface area contributed by atoms with Gasteiger partial charge in [-0.3, -0.25) is 0 Å². The summed E-state index contributed by atoms with van der Waals surface area (Å²) in [6.07, 6.45) is 1.61. The van der Waals surface area contributed by atoms with Crippen LogP contribution in [0, 0.1) is 0 Å². The van der Waals surface area contributed by atoms with Crippen molar-refractivity contribution in [3.8, 4) is 0 Å². The molecule has 2 aromatic heterocycles. The van der Waals surface area contributed by atoms with Gasteiger partial charge in [0.2, 0.25) is 0 Å². The smallest absolute Gasteiger partial charge is 0.116 e. The van der Waals surface area contributed by atoms with Crippen LogP contribution in [-0.2, 0) is 0 Å². The van der Waals surface area contributed by atoms with Gasteiger partial charge in [0.15, 0.2) is 0 Å². The van der Waals surface area contributed by atoms with E-state index in [9.17, 15) is 0 Å². The van der Waals surface area contributed by atoms with Gasteiger partial charge in [0.25, 0.3) is 0 Å². The van der Waals surface area contributed by atoms with Gasteiger partial charge < -0.3 is 5.73 Å². The lowest BCUT2D eigenvalue weighted by molar-refractivity contribution is 0.602. The zero-order chi connectivity index (χ0) is 10.1. The Hall–Kier alpha value is -1.000. The van der Waals surface area contributed by atoms with E-state index in [1.165, 1.54) is 0 Å². The first kappa shape index (κ1) is 9.55. The Kier molecular flexibility index (Phi) is 2.48. The van der Waals surface area contributed by atoms with E-state index in [1.807, 2.05) is 18.4 Å². The van der Waals surface area contributed by atoms with Crippen LogP contribution in [0.3, 0.4) is 0 Å². The highest BCUT2D eigenvalue weighted by Gasteiger charge is 2.15. The number of thiophene rings is 1. The summed E-state index contributed by atoms with van der Waals surface area (Å²) in [6.45, 7) is 4.11. The van der Waals surface area contributed by atoms with E-state index < -0.39 is 0 Å². The minimum Gasteiger partial charge on any atom is -0.327 e. The van der Waals surface area contributed by atoms with Crippen LogP contribution >= 0.6 is 11.3 Å². The van der Waals surface area contributed by atoms with Gasteiger partial charge in [0.1, 0.15) is 6.33 Å². The topological polar surface area (TPSA) is 51.8 Å². The Bertz CT molecular complexity index is 436. The Morgan fingerprint density at radius 3 is 2.86 bits per heavy atom. The quantitative estimate of drug-likeness (QED) is 0.820. The summed E-state index contributed by atoms with van der Waals surface area (Å²) in [5.74, 6) is 0.277. The maximum Gasteiger partial charge on any atom is 0.116 e. The molecule has 2 atom stereocenters. The number of fused-ring (bicyclic) bond motifs is 1. The molecule has 0 saturated heterocycles. The second-order valence-electron chi connectivity index (χ2n) is 3.54. The van der Waals surface area contributed by atoms with E-state index in [4.69, 9.17) is 5.73 Å². The van der Waals surface area contributed by atoms with Crippen LogP contribution in [0.4, 0.5) is 0 Å². The van der Waals surface area contributed by atoms with E-state index in [0.29, 0.717) is 0 Å². The molecule has 0 saturated carbocycles. The standard InChI is InChI=1S/C10H13N3S/c1-6(7(2)11)9-10-8(3-4-14-10)12-5-13-9/h3-7H,11H2,1-2H3. The van der Waals surface area contributed by atoms with Crippen molar-refractivity contribution in [3.05, 3.63) is 23.5 Å². The zero-order valence-corrected chi connectivity index (χ0v) is 9.08. The third-order valence-corrected chi connectivity index (χ3v) is 3.42. The van der Waals surface area contributed by atoms with E-state index in [0.717, 1.165) is 15.9 Å². The van der Waals surface area contributed by atoms with Crippen molar-refractivity contribution in [3.63, 3.8) is 0 Å². The molecule has 0 radical (unpaired) electrons. The lowest BCUT2D eigenvalue weighted by Crippen LogP contribution is -2.23. The molecule has 2 N–H and O–H groups in total. The first-order chi connectivity index (χ1) is 6.70. The molecule has 0 amide bonds. The SMILES string of the molecule is CC(N)C(C)c1ncnc2ccsc12. The molecular weight excluding hydrogens is 194 g/mol.